The second kappa shape index (κ2) is 10.2. The number of likely N-dealkylation sites (N-methyl/N-ethyl adjacent to an activating group) is 1. The lowest BCUT2D eigenvalue weighted by molar-refractivity contribution is -0.137. The summed E-state index contributed by atoms with van der Waals surface area (Å²) in [6.45, 7) is 1.77. The van der Waals surface area contributed by atoms with Crippen LogP contribution < -0.4 is 0 Å². The summed E-state index contributed by atoms with van der Waals surface area (Å²) < 4.78 is 40.3. The molecule has 170 valence electrons. The summed E-state index contributed by atoms with van der Waals surface area (Å²) in [5, 5.41) is 0.550. The molecular weight excluding hydrogens is 441 g/mol. The molecule has 0 aliphatic rings. The third-order valence-electron chi connectivity index (χ3n) is 4.96. The van der Waals surface area contributed by atoms with Gasteiger partial charge in [0.15, 0.2) is 0 Å². The molecule has 0 aliphatic heterocycles. The standard InChI is InChI=1S/C23H24ClF3N4O/c1-29(2)13-14-31(22(32)18-5-9-20(24)10-6-18)16-21-28-11-12-30(21)15-17-3-7-19(8-4-17)23(25,26)27/h3-12H,13-16H2,1-2H3. The van der Waals surface area contributed by atoms with E-state index < -0.39 is 11.7 Å². The second-order valence-corrected chi connectivity index (χ2v) is 8.14. The van der Waals surface area contributed by atoms with Crippen molar-refractivity contribution in [2.24, 2.45) is 0 Å². The smallest absolute Gasteiger partial charge is 0.330 e. The average molecular weight is 465 g/mol. The van der Waals surface area contributed by atoms with Gasteiger partial charge in [0.2, 0.25) is 0 Å². The van der Waals surface area contributed by atoms with Crippen molar-refractivity contribution >= 4 is 17.5 Å². The van der Waals surface area contributed by atoms with Crippen LogP contribution in [0.5, 0.6) is 0 Å². The minimum absolute atomic E-state index is 0.146. The van der Waals surface area contributed by atoms with Crippen molar-refractivity contribution in [1.82, 2.24) is 19.4 Å². The lowest BCUT2D eigenvalue weighted by Gasteiger charge is -2.25. The molecule has 9 heteroatoms. The fourth-order valence-electron chi connectivity index (χ4n) is 3.15. The number of aromatic nitrogens is 2. The summed E-state index contributed by atoms with van der Waals surface area (Å²) in [7, 11) is 3.85. The van der Waals surface area contributed by atoms with Crippen LogP contribution >= 0.6 is 11.6 Å². The van der Waals surface area contributed by atoms with Crippen molar-refractivity contribution in [3.63, 3.8) is 0 Å². The van der Waals surface area contributed by atoms with E-state index in [1.165, 1.54) is 12.1 Å². The van der Waals surface area contributed by atoms with Gasteiger partial charge in [0.25, 0.3) is 5.91 Å². The van der Waals surface area contributed by atoms with Crippen molar-refractivity contribution in [3.8, 4) is 0 Å². The molecule has 3 rings (SSSR count). The number of rotatable bonds is 8. The third kappa shape index (κ3) is 6.34. The van der Waals surface area contributed by atoms with Crippen LogP contribution in [0.2, 0.25) is 5.02 Å². The molecule has 3 aromatic rings. The Morgan fingerprint density at radius 2 is 1.69 bits per heavy atom. The summed E-state index contributed by atoms with van der Waals surface area (Å²) in [5.74, 6) is 0.499. The van der Waals surface area contributed by atoms with Crippen molar-refractivity contribution in [2.75, 3.05) is 27.2 Å². The Morgan fingerprint density at radius 1 is 1.03 bits per heavy atom. The summed E-state index contributed by atoms with van der Waals surface area (Å²) >= 11 is 5.94. The highest BCUT2D eigenvalue weighted by molar-refractivity contribution is 6.30. The molecule has 0 fully saturated rings. The molecule has 0 N–H and O–H groups in total. The maximum atomic E-state index is 13.1. The fourth-order valence-corrected chi connectivity index (χ4v) is 3.28. The van der Waals surface area contributed by atoms with Gasteiger partial charge < -0.3 is 14.4 Å². The van der Waals surface area contributed by atoms with Crippen molar-refractivity contribution in [3.05, 3.63) is 88.5 Å². The van der Waals surface area contributed by atoms with Crippen LogP contribution in [0.3, 0.4) is 0 Å². The summed E-state index contributed by atoms with van der Waals surface area (Å²) in [6, 6.07) is 11.8. The molecule has 0 unspecified atom stereocenters. The van der Waals surface area contributed by atoms with E-state index in [4.69, 9.17) is 11.6 Å². The molecule has 0 atom stereocenters. The summed E-state index contributed by atoms with van der Waals surface area (Å²) in [4.78, 5) is 21.2. The maximum Gasteiger partial charge on any atom is 0.416 e. The average Bonchev–Trinajstić information content (AvgIpc) is 3.17. The van der Waals surface area contributed by atoms with E-state index in [9.17, 15) is 18.0 Å². The molecule has 1 aromatic heterocycles. The lowest BCUT2D eigenvalue weighted by atomic mass is 10.1. The molecule has 0 spiro atoms. The van der Waals surface area contributed by atoms with Gasteiger partial charge in [0.1, 0.15) is 5.82 Å². The number of hydrogen-bond acceptors (Lipinski definition) is 3. The molecule has 1 heterocycles. The van der Waals surface area contributed by atoms with Gasteiger partial charge in [0.05, 0.1) is 12.1 Å². The van der Waals surface area contributed by atoms with Crippen LogP contribution in [-0.2, 0) is 19.3 Å². The normalized spacial score (nSPS) is 11.7. The summed E-state index contributed by atoms with van der Waals surface area (Å²) in [5.41, 5.74) is 0.547. The Bertz CT molecular complexity index is 1030. The number of imidazole rings is 1. The molecule has 0 bridgehead atoms. The summed E-state index contributed by atoms with van der Waals surface area (Å²) in [6.07, 6.45) is -0.992. The Balaban J connectivity index is 1.78. The van der Waals surface area contributed by atoms with Gasteiger partial charge in [-0.2, -0.15) is 13.2 Å². The van der Waals surface area contributed by atoms with Crippen LogP contribution in [0.25, 0.3) is 0 Å². The van der Waals surface area contributed by atoms with Gasteiger partial charge >= 0.3 is 6.18 Å². The van der Waals surface area contributed by atoms with Crippen LogP contribution in [0.15, 0.2) is 60.9 Å². The van der Waals surface area contributed by atoms with Crippen LogP contribution in [0, 0.1) is 0 Å². The maximum absolute atomic E-state index is 13.1. The highest BCUT2D eigenvalue weighted by atomic mass is 35.5. The lowest BCUT2D eigenvalue weighted by Crippen LogP contribution is -2.37. The zero-order chi connectivity index (χ0) is 23.3. The number of amides is 1. The number of benzene rings is 2. The second-order valence-electron chi connectivity index (χ2n) is 7.70. The van der Waals surface area contributed by atoms with E-state index in [2.05, 4.69) is 4.98 Å². The minimum Gasteiger partial charge on any atom is -0.330 e. The molecule has 0 saturated carbocycles. The number of hydrogen-bond donors (Lipinski definition) is 0. The molecular formula is C23H24ClF3N4O. The van der Waals surface area contributed by atoms with Crippen LogP contribution in [0.1, 0.15) is 27.3 Å². The Hall–Kier alpha value is -2.84. The van der Waals surface area contributed by atoms with E-state index >= 15 is 0 Å². The number of carbonyl (C=O) groups is 1. The first-order valence-corrected chi connectivity index (χ1v) is 10.4. The Morgan fingerprint density at radius 3 is 2.28 bits per heavy atom. The quantitative estimate of drug-likeness (QED) is 0.480. The third-order valence-corrected chi connectivity index (χ3v) is 5.22. The van der Waals surface area contributed by atoms with Crippen LogP contribution in [0.4, 0.5) is 13.2 Å². The molecule has 5 nitrogen and oxygen atoms in total. The highest BCUT2D eigenvalue weighted by Crippen LogP contribution is 2.29. The minimum atomic E-state index is -4.37. The molecule has 2 aromatic carbocycles. The monoisotopic (exact) mass is 464 g/mol. The van der Waals surface area contributed by atoms with Crippen molar-refractivity contribution < 1.29 is 18.0 Å². The van der Waals surface area contributed by atoms with E-state index in [-0.39, 0.29) is 12.5 Å². The predicted molar refractivity (Wildman–Crippen MR) is 118 cm³/mol. The molecule has 0 radical (unpaired) electrons. The molecule has 0 saturated heterocycles. The van der Waals surface area contributed by atoms with Gasteiger partial charge in [0, 0.05) is 42.6 Å². The van der Waals surface area contributed by atoms with Crippen molar-refractivity contribution in [2.45, 2.75) is 19.3 Å². The highest BCUT2D eigenvalue weighted by Gasteiger charge is 2.30. The number of alkyl halides is 3. The number of nitrogens with zero attached hydrogens (tertiary/aromatic N) is 4. The van der Waals surface area contributed by atoms with E-state index in [1.807, 2.05) is 23.6 Å². The number of carbonyl (C=O) groups excluding carboxylic acids is 1. The predicted octanol–water partition coefficient (Wildman–Crippen LogP) is 4.81. The van der Waals surface area contributed by atoms with Gasteiger partial charge in [-0.1, -0.05) is 23.7 Å². The fraction of sp³-hybridized carbons (Fsp3) is 0.304. The molecule has 32 heavy (non-hydrogen) atoms. The first-order chi connectivity index (χ1) is 15.1. The van der Waals surface area contributed by atoms with Crippen LogP contribution in [-0.4, -0.2) is 52.4 Å². The first-order valence-electron chi connectivity index (χ1n) is 9.99. The number of halogens is 4. The zero-order valence-corrected chi connectivity index (χ0v) is 18.6. The molecule has 0 aliphatic carbocycles. The van der Waals surface area contributed by atoms with Gasteiger partial charge in [-0.3, -0.25) is 4.79 Å². The van der Waals surface area contributed by atoms with E-state index in [0.717, 1.165) is 12.1 Å². The Kier molecular flexibility index (Phi) is 7.58. The van der Waals surface area contributed by atoms with E-state index in [1.54, 1.807) is 41.6 Å². The van der Waals surface area contributed by atoms with Crippen molar-refractivity contribution in [1.29, 1.82) is 0 Å². The Labute approximate surface area is 190 Å². The molecule has 1 amide bonds. The first kappa shape index (κ1) is 23.8. The van der Waals surface area contributed by atoms with Gasteiger partial charge in [-0.15, -0.1) is 0 Å². The largest absolute Gasteiger partial charge is 0.416 e. The van der Waals surface area contributed by atoms with E-state index in [0.29, 0.717) is 41.6 Å². The van der Waals surface area contributed by atoms with Gasteiger partial charge in [-0.25, -0.2) is 4.98 Å². The SMILES string of the molecule is CN(C)CCN(Cc1nccn1Cc1ccc(C(F)(F)F)cc1)C(=O)c1ccc(Cl)cc1. The topological polar surface area (TPSA) is 41.4 Å². The zero-order valence-electron chi connectivity index (χ0n) is 17.8. The van der Waals surface area contributed by atoms with Gasteiger partial charge in [-0.05, 0) is 56.1 Å².